The van der Waals surface area contributed by atoms with Gasteiger partial charge in [-0.05, 0) is 12.8 Å². The second-order valence-corrected chi connectivity index (χ2v) is 17.1. The highest BCUT2D eigenvalue weighted by Crippen LogP contribution is 2.16. The zero-order valence-electron chi connectivity index (χ0n) is 36.9. The molecule has 0 saturated heterocycles. The van der Waals surface area contributed by atoms with Crippen molar-refractivity contribution in [1.82, 2.24) is 0 Å². The molecule has 1 N–H and O–H groups in total. The highest BCUT2D eigenvalue weighted by atomic mass is 16.7. The van der Waals surface area contributed by atoms with Crippen LogP contribution < -0.4 is 0 Å². The Bertz CT molecular complexity index is 876. The molecule has 9 heteroatoms. The summed E-state index contributed by atoms with van der Waals surface area (Å²) < 4.78 is 22.8. The molecule has 0 amide bonds. The van der Waals surface area contributed by atoms with Gasteiger partial charge in [-0.15, -0.1) is 0 Å². The van der Waals surface area contributed by atoms with Gasteiger partial charge in [-0.25, -0.2) is 4.79 Å². The van der Waals surface area contributed by atoms with E-state index in [4.69, 9.17) is 18.9 Å². The number of esters is 2. The van der Waals surface area contributed by atoms with Gasteiger partial charge in [0.15, 0.2) is 6.10 Å². The van der Waals surface area contributed by atoms with Crippen molar-refractivity contribution in [3.8, 4) is 0 Å². The number of carbonyl (C=O) groups is 3. The first-order valence-electron chi connectivity index (χ1n) is 23.2. The average Bonchev–Trinajstić information content (AvgIpc) is 3.14. The Kier molecular flexibility index (Phi) is 37.9. The number of rotatable bonds is 43. The number of aliphatic carboxylic acids is 1. The van der Waals surface area contributed by atoms with Gasteiger partial charge in [0.2, 0.25) is 0 Å². The normalized spacial score (nSPS) is 12.8. The van der Waals surface area contributed by atoms with Gasteiger partial charge in [0.25, 0.3) is 6.29 Å². The molecule has 0 aromatic rings. The second-order valence-electron chi connectivity index (χ2n) is 17.1. The number of quaternary nitrogens is 1. The molecule has 0 heterocycles. The van der Waals surface area contributed by atoms with E-state index in [-0.39, 0.29) is 38.2 Å². The first-order chi connectivity index (χ1) is 26.6. The summed E-state index contributed by atoms with van der Waals surface area (Å²) in [6, 6.07) is 0. The Labute approximate surface area is 339 Å². The molecule has 0 rings (SSSR count). The lowest BCUT2D eigenvalue weighted by molar-refractivity contribution is -0.870. The van der Waals surface area contributed by atoms with E-state index in [0.717, 1.165) is 38.5 Å². The monoisotopic (exact) mass is 785 g/mol. The molecular weight excluding hydrogens is 695 g/mol. The fourth-order valence-corrected chi connectivity index (χ4v) is 6.72. The molecule has 0 radical (unpaired) electrons. The summed E-state index contributed by atoms with van der Waals surface area (Å²) >= 11 is 0. The van der Waals surface area contributed by atoms with Gasteiger partial charge in [-0.2, -0.15) is 0 Å². The summed E-state index contributed by atoms with van der Waals surface area (Å²) in [6.07, 6.45) is 35.8. The van der Waals surface area contributed by atoms with E-state index in [1.807, 2.05) is 21.1 Å². The maximum atomic E-state index is 12.8. The summed E-state index contributed by atoms with van der Waals surface area (Å²) in [4.78, 5) is 37.1. The number of hydrogen-bond donors (Lipinski definition) is 1. The predicted octanol–water partition coefficient (Wildman–Crippen LogP) is 12.1. The van der Waals surface area contributed by atoms with Crippen LogP contribution in [0.3, 0.4) is 0 Å². The van der Waals surface area contributed by atoms with E-state index in [9.17, 15) is 19.5 Å². The van der Waals surface area contributed by atoms with Gasteiger partial charge in [-0.1, -0.05) is 194 Å². The molecule has 0 aliphatic rings. The third kappa shape index (κ3) is 40.3. The van der Waals surface area contributed by atoms with Crippen molar-refractivity contribution >= 4 is 17.9 Å². The summed E-state index contributed by atoms with van der Waals surface area (Å²) in [5.74, 6) is -1.99. The minimum Gasteiger partial charge on any atom is -0.477 e. The number of carboxylic acids is 1. The molecule has 2 unspecified atom stereocenters. The second kappa shape index (κ2) is 39.1. The fourth-order valence-electron chi connectivity index (χ4n) is 6.72. The molecule has 326 valence electrons. The van der Waals surface area contributed by atoms with Crippen molar-refractivity contribution in [2.45, 2.75) is 232 Å². The van der Waals surface area contributed by atoms with Crippen LogP contribution in [0.1, 0.15) is 219 Å². The molecule has 0 aliphatic heterocycles. The summed E-state index contributed by atoms with van der Waals surface area (Å²) in [7, 11) is 5.96. The minimum atomic E-state index is -1.50. The number of unbranched alkanes of at least 4 members (excludes halogenated alkanes) is 28. The van der Waals surface area contributed by atoms with Gasteiger partial charge < -0.3 is 28.5 Å². The van der Waals surface area contributed by atoms with Crippen LogP contribution in [0, 0.1) is 0 Å². The standard InChI is InChI=1S/C46H89NO8/c1-6-8-10-12-14-16-18-20-21-22-23-25-27-29-31-33-35-37-44(49)55-42(41-54-46(45(50)51)52-39-38-47(3,4)5)40-53-43(48)36-34-32-30-28-26-24-19-17-15-13-11-9-7-2/h42,46H,6-41H2,1-5H3/p+1. The van der Waals surface area contributed by atoms with Crippen LogP contribution in [0.15, 0.2) is 0 Å². The van der Waals surface area contributed by atoms with Crippen LogP contribution >= 0.6 is 0 Å². The molecule has 0 saturated carbocycles. The van der Waals surface area contributed by atoms with Crippen LogP contribution in [0.5, 0.6) is 0 Å². The number of ether oxygens (including phenoxy) is 4. The SMILES string of the molecule is CCCCCCCCCCCCCCCCCCCC(=O)OC(COC(=O)CCCCCCCCCCCCCCC)COC(OCC[N+](C)(C)C)C(=O)O. The summed E-state index contributed by atoms with van der Waals surface area (Å²) in [5, 5.41) is 9.63. The molecule has 0 spiro atoms. The number of carbonyl (C=O) groups excluding carboxylic acids is 2. The number of hydrogen-bond acceptors (Lipinski definition) is 7. The van der Waals surface area contributed by atoms with Gasteiger partial charge >= 0.3 is 17.9 Å². The summed E-state index contributed by atoms with van der Waals surface area (Å²) in [6.45, 7) is 4.90. The van der Waals surface area contributed by atoms with E-state index in [2.05, 4.69) is 13.8 Å². The number of nitrogens with zero attached hydrogens (tertiary/aromatic N) is 1. The Morgan fingerprint density at radius 2 is 0.818 bits per heavy atom. The Morgan fingerprint density at radius 3 is 1.16 bits per heavy atom. The molecular formula is C46H90NO8+. The maximum Gasteiger partial charge on any atom is 0.361 e. The molecule has 0 aromatic heterocycles. The van der Waals surface area contributed by atoms with E-state index in [0.29, 0.717) is 17.4 Å². The lowest BCUT2D eigenvalue weighted by Crippen LogP contribution is -2.40. The van der Waals surface area contributed by atoms with Crippen molar-refractivity contribution < 1.29 is 42.9 Å². The van der Waals surface area contributed by atoms with Crippen LogP contribution in [-0.4, -0.2) is 87.4 Å². The predicted molar refractivity (Wildman–Crippen MR) is 226 cm³/mol. The molecule has 9 nitrogen and oxygen atoms in total. The Morgan fingerprint density at radius 1 is 0.473 bits per heavy atom. The minimum absolute atomic E-state index is 0.173. The molecule has 55 heavy (non-hydrogen) atoms. The average molecular weight is 785 g/mol. The van der Waals surface area contributed by atoms with Crippen LogP contribution in [0.2, 0.25) is 0 Å². The van der Waals surface area contributed by atoms with Crippen molar-refractivity contribution in [2.75, 3.05) is 47.5 Å². The quantitative estimate of drug-likeness (QED) is 0.0282. The number of likely N-dealkylation sites (N-methyl/N-ethyl adjacent to an activating group) is 1. The highest BCUT2D eigenvalue weighted by Gasteiger charge is 2.25. The number of carboxylic acid groups (broad SMARTS) is 1. The van der Waals surface area contributed by atoms with Crippen LogP contribution in [0.25, 0.3) is 0 Å². The fraction of sp³-hybridized carbons (Fsp3) is 0.935. The van der Waals surface area contributed by atoms with Gasteiger partial charge in [-0.3, -0.25) is 9.59 Å². The molecule has 0 fully saturated rings. The van der Waals surface area contributed by atoms with Crippen LogP contribution in [-0.2, 0) is 33.3 Å². The third-order valence-electron chi connectivity index (χ3n) is 10.4. The largest absolute Gasteiger partial charge is 0.477 e. The smallest absolute Gasteiger partial charge is 0.361 e. The Hall–Kier alpha value is -1.71. The third-order valence-corrected chi connectivity index (χ3v) is 10.4. The topological polar surface area (TPSA) is 108 Å². The van der Waals surface area contributed by atoms with Crippen molar-refractivity contribution in [3.05, 3.63) is 0 Å². The van der Waals surface area contributed by atoms with E-state index in [1.54, 1.807) is 0 Å². The highest BCUT2D eigenvalue weighted by molar-refractivity contribution is 5.71. The molecule has 0 bridgehead atoms. The lowest BCUT2D eigenvalue weighted by Gasteiger charge is -2.25. The van der Waals surface area contributed by atoms with Crippen molar-refractivity contribution in [1.29, 1.82) is 0 Å². The zero-order valence-corrected chi connectivity index (χ0v) is 36.9. The molecule has 2 atom stereocenters. The summed E-state index contributed by atoms with van der Waals surface area (Å²) in [5.41, 5.74) is 0. The van der Waals surface area contributed by atoms with Gasteiger partial charge in [0.05, 0.1) is 34.4 Å². The van der Waals surface area contributed by atoms with Crippen LogP contribution in [0.4, 0.5) is 0 Å². The maximum absolute atomic E-state index is 12.8. The molecule has 0 aromatic carbocycles. The van der Waals surface area contributed by atoms with E-state index in [1.165, 1.54) is 154 Å². The zero-order chi connectivity index (χ0) is 40.7. The lowest BCUT2D eigenvalue weighted by atomic mass is 10.0. The van der Waals surface area contributed by atoms with E-state index >= 15 is 0 Å². The van der Waals surface area contributed by atoms with E-state index < -0.39 is 18.4 Å². The first kappa shape index (κ1) is 53.3. The first-order valence-corrected chi connectivity index (χ1v) is 23.2. The Balaban J connectivity index is 4.37. The van der Waals surface area contributed by atoms with Crippen molar-refractivity contribution in [2.24, 2.45) is 0 Å². The van der Waals surface area contributed by atoms with Crippen molar-refractivity contribution in [3.63, 3.8) is 0 Å². The van der Waals surface area contributed by atoms with Gasteiger partial charge in [0, 0.05) is 12.8 Å². The van der Waals surface area contributed by atoms with Gasteiger partial charge in [0.1, 0.15) is 13.2 Å². The molecule has 0 aliphatic carbocycles.